The van der Waals surface area contributed by atoms with Crippen LogP contribution in [-0.4, -0.2) is 18.2 Å². The Morgan fingerprint density at radius 1 is 0.909 bits per heavy atom. The van der Waals surface area contributed by atoms with Crippen LogP contribution in [0.15, 0.2) is 89.5 Å². The fraction of sp³-hybridized carbons (Fsp3) is 0.250. The number of benzene rings is 3. The molecule has 0 aliphatic carbocycles. The van der Waals surface area contributed by atoms with E-state index in [2.05, 4.69) is 24.3 Å². The zero-order valence-corrected chi connectivity index (χ0v) is 19.1. The molecule has 0 saturated heterocycles. The summed E-state index contributed by atoms with van der Waals surface area (Å²) in [5, 5.41) is 0.879. The van der Waals surface area contributed by atoms with E-state index in [1.807, 2.05) is 62.4 Å². The van der Waals surface area contributed by atoms with Crippen molar-refractivity contribution < 1.29 is 23.4 Å². The van der Waals surface area contributed by atoms with Crippen molar-refractivity contribution in [3.8, 4) is 5.75 Å². The molecule has 0 spiro atoms. The van der Waals surface area contributed by atoms with E-state index in [9.17, 15) is 4.79 Å². The van der Waals surface area contributed by atoms with Gasteiger partial charge in [-0.05, 0) is 38.0 Å². The van der Waals surface area contributed by atoms with Gasteiger partial charge in [0.2, 0.25) is 0 Å². The highest BCUT2D eigenvalue weighted by Crippen LogP contribution is 2.34. The number of fused-ring (bicyclic) bond motifs is 1. The predicted octanol–water partition coefficient (Wildman–Crippen LogP) is 6.46. The second kappa shape index (κ2) is 10.0. The monoisotopic (exact) mass is 444 g/mol. The molecule has 5 heteroatoms. The predicted molar refractivity (Wildman–Crippen MR) is 127 cm³/mol. The van der Waals surface area contributed by atoms with E-state index in [4.69, 9.17) is 18.6 Å². The van der Waals surface area contributed by atoms with Crippen molar-refractivity contribution in [3.05, 3.63) is 102 Å². The Hall–Kier alpha value is -3.41. The number of rotatable bonds is 10. The fourth-order valence-electron chi connectivity index (χ4n) is 3.67. The van der Waals surface area contributed by atoms with Crippen molar-refractivity contribution in [3.63, 3.8) is 0 Å². The van der Waals surface area contributed by atoms with E-state index >= 15 is 0 Å². The summed E-state index contributed by atoms with van der Waals surface area (Å²) in [7, 11) is 0. The van der Waals surface area contributed by atoms with E-state index in [1.54, 1.807) is 19.3 Å². The van der Waals surface area contributed by atoms with Crippen LogP contribution in [0.4, 0.5) is 0 Å². The first kappa shape index (κ1) is 22.8. The molecule has 0 N–H and O–H groups in total. The third-order valence-corrected chi connectivity index (χ3v) is 5.33. The number of ether oxygens (including phenoxy) is 3. The lowest BCUT2D eigenvalue weighted by Gasteiger charge is -2.31. The average molecular weight is 445 g/mol. The summed E-state index contributed by atoms with van der Waals surface area (Å²) in [5.74, 6) is -0.345. The van der Waals surface area contributed by atoms with Gasteiger partial charge in [0, 0.05) is 10.9 Å². The molecule has 0 aliphatic rings. The SMILES string of the molecule is CC(C=O)Oc1cccc2c(COC(C)(C)OC(c3ccccc3)c3ccccc3)coc12. The Kier molecular flexibility index (Phi) is 6.92. The second-order valence-electron chi connectivity index (χ2n) is 8.36. The molecule has 0 fully saturated rings. The first-order valence-electron chi connectivity index (χ1n) is 11.0. The molecule has 1 aromatic heterocycles. The van der Waals surface area contributed by atoms with Crippen molar-refractivity contribution in [2.75, 3.05) is 0 Å². The molecule has 5 nitrogen and oxygen atoms in total. The third kappa shape index (κ3) is 5.51. The van der Waals surface area contributed by atoms with Crippen LogP contribution in [0.5, 0.6) is 5.75 Å². The molecular weight excluding hydrogens is 416 g/mol. The highest BCUT2D eigenvalue weighted by atomic mass is 16.7. The average Bonchev–Trinajstić information content (AvgIpc) is 3.26. The molecule has 33 heavy (non-hydrogen) atoms. The van der Waals surface area contributed by atoms with E-state index < -0.39 is 11.9 Å². The van der Waals surface area contributed by atoms with Gasteiger partial charge in [0.1, 0.15) is 6.10 Å². The van der Waals surface area contributed by atoms with Crippen molar-refractivity contribution in [2.24, 2.45) is 0 Å². The Labute approximate surface area is 193 Å². The summed E-state index contributed by atoms with van der Waals surface area (Å²) in [6.07, 6.45) is 1.58. The fourth-order valence-corrected chi connectivity index (χ4v) is 3.67. The molecule has 4 rings (SSSR count). The van der Waals surface area contributed by atoms with Gasteiger partial charge in [-0.2, -0.15) is 0 Å². The van der Waals surface area contributed by atoms with Gasteiger partial charge in [-0.3, -0.25) is 4.79 Å². The summed E-state index contributed by atoms with van der Waals surface area (Å²) in [6, 6.07) is 25.8. The van der Waals surface area contributed by atoms with E-state index in [0.29, 0.717) is 17.9 Å². The molecule has 1 atom stereocenters. The van der Waals surface area contributed by atoms with Crippen LogP contribution in [0.25, 0.3) is 11.0 Å². The van der Waals surface area contributed by atoms with Crippen LogP contribution in [-0.2, 0) is 20.9 Å². The summed E-state index contributed by atoms with van der Waals surface area (Å²) >= 11 is 0. The maximum Gasteiger partial charge on any atom is 0.176 e. The van der Waals surface area contributed by atoms with Gasteiger partial charge in [0.15, 0.2) is 29.5 Å². The lowest BCUT2D eigenvalue weighted by atomic mass is 10.0. The van der Waals surface area contributed by atoms with Crippen LogP contribution in [0.2, 0.25) is 0 Å². The molecule has 4 aromatic rings. The minimum absolute atomic E-state index is 0.270. The topological polar surface area (TPSA) is 57.9 Å². The number of furan rings is 1. The quantitative estimate of drug-likeness (QED) is 0.208. The molecule has 0 bridgehead atoms. The summed E-state index contributed by atoms with van der Waals surface area (Å²) < 4.78 is 24.1. The van der Waals surface area contributed by atoms with Gasteiger partial charge in [0.05, 0.1) is 12.9 Å². The van der Waals surface area contributed by atoms with Crippen molar-refractivity contribution in [1.29, 1.82) is 0 Å². The first-order chi connectivity index (χ1) is 16.0. The zero-order valence-electron chi connectivity index (χ0n) is 19.1. The highest BCUT2D eigenvalue weighted by Gasteiger charge is 2.27. The maximum absolute atomic E-state index is 11.0. The van der Waals surface area contributed by atoms with Gasteiger partial charge in [-0.15, -0.1) is 0 Å². The lowest BCUT2D eigenvalue weighted by molar-refractivity contribution is -0.237. The molecule has 0 aliphatic heterocycles. The molecule has 1 heterocycles. The molecular formula is C28H28O5. The number of carbonyl (C=O) groups is 1. The normalized spacial score (nSPS) is 12.7. The zero-order chi connectivity index (χ0) is 23.3. The molecule has 0 saturated carbocycles. The summed E-state index contributed by atoms with van der Waals surface area (Å²) in [4.78, 5) is 11.0. The molecule has 170 valence electrons. The van der Waals surface area contributed by atoms with Gasteiger partial charge in [0.25, 0.3) is 0 Å². The number of hydrogen-bond donors (Lipinski definition) is 0. The smallest absolute Gasteiger partial charge is 0.176 e. The Bertz CT molecular complexity index is 1140. The first-order valence-corrected chi connectivity index (χ1v) is 11.0. The van der Waals surface area contributed by atoms with Crippen LogP contribution in [0.1, 0.15) is 43.6 Å². The Balaban J connectivity index is 1.52. The standard InChI is InChI=1S/C28H28O5/c1-20(17-29)32-25-16-10-15-24-23(18-30-27(24)25)19-31-28(2,3)33-26(21-11-6-4-7-12-21)22-13-8-5-9-14-22/h4-18,20,26H,19H2,1-3H3. The largest absolute Gasteiger partial charge is 0.479 e. The summed E-state index contributed by atoms with van der Waals surface area (Å²) in [6.45, 7) is 5.81. The van der Waals surface area contributed by atoms with Crippen LogP contribution in [0, 0.1) is 0 Å². The molecule has 3 aromatic carbocycles. The van der Waals surface area contributed by atoms with E-state index in [1.165, 1.54) is 0 Å². The van der Waals surface area contributed by atoms with Crippen LogP contribution >= 0.6 is 0 Å². The third-order valence-electron chi connectivity index (χ3n) is 5.33. The highest BCUT2D eigenvalue weighted by molar-refractivity contribution is 5.86. The summed E-state index contributed by atoms with van der Waals surface area (Å²) in [5.41, 5.74) is 3.58. The Morgan fingerprint density at radius 3 is 2.15 bits per heavy atom. The van der Waals surface area contributed by atoms with Gasteiger partial charge < -0.3 is 18.6 Å². The number of aldehydes is 1. The minimum atomic E-state index is -0.875. The molecule has 0 radical (unpaired) electrons. The van der Waals surface area contributed by atoms with E-state index in [0.717, 1.165) is 28.4 Å². The number of carbonyl (C=O) groups excluding carboxylic acids is 1. The van der Waals surface area contributed by atoms with Crippen LogP contribution < -0.4 is 4.74 Å². The second-order valence-corrected chi connectivity index (χ2v) is 8.36. The van der Waals surface area contributed by atoms with E-state index in [-0.39, 0.29) is 6.10 Å². The van der Waals surface area contributed by atoms with Crippen LogP contribution in [0.3, 0.4) is 0 Å². The lowest BCUT2D eigenvalue weighted by Crippen LogP contribution is -2.30. The molecule has 0 amide bonds. The minimum Gasteiger partial charge on any atom is -0.479 e. The maximum atomic E-state index is 11.0. The van der Waals surface area contributed by atoms with Gasteiger partial charge >= 0.3 is 0 Å². The Morgan fingerprint density at radius 2 is 1.55 bits per heavy atom. The molecule has 1 unspecified atom stereocenters. The van der Waals surface area contributed by atoms with Crippen molar-refractivity contribution >= 4 is 17.3 Å². The number of para-hydroxylation sites is 1. The van der Waals surface area contributed by atoms with Crippen molar-refractivity contribution in [2.45, 2.75) is 45.4 Å². The van der Waals surface area contributed by atoms with Crippen molar-refractivity contribution in [1.82, 2.24) is 0 Å². The van der Waals surface area contributed by atoms with Gasteiger partial charge in [-0.1, -0.05) is 72.8 Å². The van der Waals surface area contributed by atoms with Gasteiger partial charge in [-0.25, -0.2) is 0 Å². The number of hydrogen-bond acceptors (Lipinski definition) is 5.